The highest BCUT2D eigenvalue weighted by atomic mass is 16.5. The molecule has 1 aromatic heterocycles. The quantitative estimate of drug-likeness (QED) is 0.803. The number of nitrogens with zero attached hydrogens (tertiary/aromatic N) is 3. The summed E-state index contributed by atoms with van der Waals surface area (Å²) in [5.74, 6) is 1.04. The van der Waals surface area contributed by atoms with E-state index in [1.165, 1.54) is 0 Å². The Hall–Kier alpha value is -2.48. The summed E-state index contributed by atoms with van der Waals surface area (Å²) >= 11 is 0. The van der Waals surface area contributed by atoms with Crippen LogP contribution in [0.15, 0.2) is 36.7 Å². The second kappa shape index (κ2) is 5.03. The van der Waals surface area contributed by atoms with Crippen LogP contribution in [0.2, 0.25) is 0 Å². The molecule has 0 aliphatic heterocycles. The molecule has 0 fully saturated rings. The first-order chi connectivity index (χ1) is 8.31. The zero-order valence-electron chi connectivity index (χ0n) is 9.21. The van der Waals surface area contributed by atoms with E-state index in [-0.39, 0.29) is 0 Å². The molecule has 0 atom stereocenters. The number of hydrogen-bond donors (Lipinski definition) is 1. The van der Waals surface area contributed by atoms with Crippen molar-refractivity contribution in [3.63, 3.8) is 0 Å². The zero-order chi connectivity index (χ0) is 12.1. The normalized spacial score (nSPS) is 9.82. The smallest absolute Gasteiger partial charge is 0.212 e. The summed E-state index contributed by atoms with van der Waals surface area (Å²) in [6, 6.07) is 9.32. The minimum atomic E-state index is 0.384. The van der Waals surface area contributed by atoms with E-state index in [4.69, 9.17) is 15.7 Å². The Kier molecular flexibility index (Phi) is 3.26. The molecule has 2 N–H and O–H groups in total. The fourth-order valence-electron chi connectivity index (χ4n) is 1.47. The molecule has 2 aromatic rings. The minimum Gasteiger partial charge on any atom is -0.490 e. The van der Waals surface area contributed by atoms with Gasteiger partial charge in [0.05, 0.1) is 12.2 Å². The Morgan fingerprint density at radius 1 is 1.41 bits per heavy atom. The van der Waals surface area contributed by atoms with Crippen molar-refractivity contribution < 1.29 is 4.74 Å². The van der Waals surface area contributed by atoms with E-state index in [0.29, 0.717) is 30.4 Å². The molecule has 0 radical (unpaired) electrons. The Balaban J connectivity index is 1.93. The van der Waals surface area contributed by atoms with Gasteiger partial charge in [0.15, 0.2) is 0 Å². The molecule has 0 saturated heterocycles. The van der Waals surface area contributed by atoms with Crippen molar-refractivity contribution in [2.45, 2.75) is 6.54 Å². The van der Waals surface area contributed by atoms with Gasteiger partial charge in [-0.05, 0) is 12.1 Å². The van der Waals surface area contributed by atoms with Crippen LogP contribution in [0.3, 0.4) is 0 Å². The fourth-order valence-corrected chi connectivity index (χ4v) is 1.47. The number of nitrogen functional groups attached to an aromatic ring is 1. The number of ether oxygens (including phenoxy) is 1. The molecule has 1 heterocycles. The van der Waals surface area contributed by atoms with E-state index in [0.717, 1.165) is 0 Å². The van der Waals surface area contributed by atoms with E-state index >= 15 is 0 Å². The summed E-state index contributed by atoms with van der Waals surface area (Å²) in [6.45, 7) is 1.01. The molecular formula is C12H12N4O. The first-order valence-electron chi connectivity index (χ1n) is 5.20. The maximum atomic E-state index is 8.77. The van der Waals surface area contributed by atoms with Crippen molar-refractivity contribution in [2.75, 3.05) is 12.3 Å². The van der Waals surface area contributed by atoms with Crippen LogP contribution in [0.5, 0.6) is 5.75 Å². The van der Waals surface area contributed by atoms with E-state index in [9.17, 15) is 0 Å². The van der Waals surface area contributed by atoms with Crippen molar-refractivity contribution >= 4 is 5.69 Å². The lowest BCUT2D eigenvalue weighted by molar-refractivity contribution is 0.299. The first-order valence-corrected chi connectivity index (χ1v) is 5.20. The predicted molar refractivity (Wildman–Crippen MR) is 63.3 cm³/mol. The Morgan fingerprint density at radius 2 is 2.24 bits per heavy atom. The van der Waals surface area contributed by atoms with Crippen molar-refractivity contribution in [3.05, 3.63) is 42.5 Å². The van der Waals surface area contributed by atoms with Crippen molar-refractivity contribution in [1.82, 2.24) is 9.55 Å². The molecule has 1 aromatic carbocycles. The van der Waals surface area contributed by atoms with Gasteiger partial charge in [-0.15, -0.1) is 0 Å². The molecule has 0 spiro atoms. The van der Waals surface area contributed by atoms with Gasteiger partial charge in [-0.25, -0.2) is 4.98 Å². The summed E-state index contributed by atoms with van der Waals surface area (Å²) in [7, 11) is 0. The number of anilines is 1. The first kappa shape index (κ1) is 11.0. The van der Waals surface area contributed by atoms with Gasteiger partial charge >= 0.3 is 0 Å². The summed E-state index contributed by atoms with van der Waals surface area (Å²) in [5, 5.41) is 8.77. The third-order valence-corrected chi connectivity index (χ3v) is 2.32. The number of imidazole rings is 1. The number of aromatic nitrogens is 2. The van der Waals surface area contributed by atoms with Crippen LogP contribution >= 0.6 is 0 Å². The monoisotopic (exact) mass is 228 g/mol. The number of nitrogens with two attached hydrogens (primary N) is 1. The van der Waals surface area contributed by atoms with Crippen LogP contribution in [-0.2, 0) is 6.54 Å². The number of rotatable bonds is 4. The molecule has 2 rings (SSSR count). The molecule has 86 valence electrons. The van der Waals surface area contributed by atoms with E-state index in [2.05, 4.69) is 4.98 Å². The molecule has 0 unspecified atom stereocenters. The van der Waals surface area contributed by atoms with Gasteiger partial charge in [-0.1, -0.05) is 12.1 Å². The minimum absolute atomic E-state index is 0.384. The molecule has 0 aliphatic carbocycles. The molecule has 0 saturated carbocycles. The highest BCUT2D eigenvalue weighted by Crippen LogP contribution is 2.19. The van der Waals surface area contributed by atoms with E-state index in [1.807, 2.05) is 24.3 Å². The maximum Gasteiger partial charge on any atom is 0.212 e. The van der Waals surface area contributed by atoms with Gasteiger partial charge in [-0.2, -0.15) is 5.26 Å². The number of nitriles is 1. The average Bonchev–Trinajstić information content (AvgIpc) is 2.79. The van der Waals surface area contributed by atoms with Crippen molar-refractivity contribution in [1.29, 1.82) is 5.26 Å². The third kappa shape index (κ3) is 2.55. The number of para-hydroxylation sites is 2. The van der Waals surface area contributed by atoms with Gasteiger partial charge in [-0.3, -0.25) is 0 Å². The zero-order valence-corrected chi connectivity index (χ0v) is 9.21. The van der Waals surface area contributed by atoms with Crippen molar-refractivity contribution in [2.24, 2.45) is 0 Å². The Morgan fingerprint density at radius 3 is 3.00 bits per heavy atom. The third-order valence-electron chi connectivity index (χ3n) is 2.32. The van der Waals surface area contributed by atoms with Crippen LogP contribution in [-0.4, -0.2) is 16.2 Å². The molecule has 5 nitrogen and oxygen atoms in total. The van der Waals surface area contributed by atoms with E-state index < -0.39 is 0 Å². The molecule has 5 heteroatoms. The van der Waals surface area contributed by atoms with Crippen LogP contribution in [0, 0.1) is 11.3 Å². The molecule has 17 heavy (non-hydrogen) atoms. The van der Waals surface area contributed by atoms with Crippen molar-refractivity contribution in [3.8, 4) is 11.8 Å². The van der Waals surface area contributed by atoms with Crippen LogP contribution in [0.1, 0.15) is 5.82 Å². The highest BCUT2D eigenvalue weighted by molar-refractivity contribution is 5.51. The molecular weight excluding hydrogens is 216 g/mol. The van der Waals surface area contributed by atoms with Gasteiger partial charge in [0.25, 0.3) is 0 Å². The summed E-state index contributed by atoms with van der Waals surface area (Å²) in [6.07, 6.45) is 3.34. The largest absolute Gasteiger partial charge is 0.490 e. The lowest BCUT2D eigenvalue weighted by atomic mass is 10.3. The molecule has 0 bridgehead atoms. The topological polar surface area (TPSA) is 76.9 Å². The highest BCUT2D eigenvalue weighted by Gasteiger charge is 2.02. The van der Waals surface area contributed by atoms with Gasteiger partial charge in [0.2, 0.25) is 5.82 Å². The summed E-state index contributed by atoms with van der Waals surface area (Å²) in [5.41, 5.74) is 6.35. The summed E-state index contributed by atoms with van der Waals surface area (Å²) in [4.78, 5) is 3.90. The molecule has 0 amide bonds. The number of benzene rings is 1. The Labute approximate surface area is 99.1 Å². The van der Waals surface area contributed by atoms with E-state index in [1.54, 1.807) is 23.0 Å². The second-order valence-electron chi connectivity index (χ2n) is 3.44. The van der Waals surface area contributed by atoms with Crippen LogP contribution < -0.4 is 10.5 Å². The van der Waals surface area contributed by atoms with Crippen LogP contribution in [0.25, 0.3) is 0 Å². The fraction of sp³-hybridized carbons (Fsp3) is 0.167. The number of hydrogen-bond acceptors (Lipinski definition) is 4. The SMILES string of the molecule is N#Cc1nccn1CCOc1ccccc1N. The standard InChI is InChI=1S/C12H12N4O/c13-9-12-15-5-6-16(12)7-8-17-11-4-2-1-3-10(11)14/h1-6H,7-8,14H2. The lowest BCUT2D eigenvalue weighted by Crippen LogP contribution is -2.09. The second-order valence-corrected chi connectivity index (χ2v) is 3.44. The molecule has 0 aliphatic rings. The average molecular weight is 228 g/mol. The maximum absolute atomic E-state index is 8.77. The van der Waals surface area contributed by atoms with Gasteiger partial charge < -0.3 is 15.0 Å². The Bertz CT molecular complexity index is 539. The summed E-state index contributed by atoms with van der Waals surface area (Å²) < 4.78 is 7.26. The predicted octanol–water partition coefficient (Wildman–Crippen LogP) is 1.42. The lowest BCUT2D eigenvalue weighted by Gasteiger charge is -2.09. The van der Waals surface area contributed by atoms with Gasteiger partial charge in [0.1, 0.15) is 18.4 Å². The van der Waals surface area contributed by atoms with Crippen LogP contribution in [0.4, 0.5) is 5.69 Å². The van der Waals surface area contributed by atoms with Gasteiger partial charge in [0, 0.05) is 12.4 Å².